The van der Waals surface area contributed by atoms with E-state index in [9.17, 15) is 4.79 Å². The topological polar surface area (TPSA) is 50.4 Å². The number of thiophene rings is 1. The maximum atomic E-state index is 12.2. The van der Waals surface area contributed by atoms with E-state index >= 15 is 0 Å². The second kappa shape index (κ2) is 7.09. The summed E-state index contributed by atoms with van der Waals surface area (Å²) in [6, 6.07) is 2.02. The first kappa shape index (κ1) is 15.4. The Morgan fingerprint density at radius 3 is 2.83 bits per heavy atom. The van der Waals surface area contributed by atoms with Gasteiger partial charge in [0.2, 0.25) is 0 Å². The minimum absolute atomic E-state index is 0. The molecule has 102 valence electrons. The van der Waals surface area contributed by atoms with Gasteiger partial charge in [0.05, 0.1) is 0 Å². The van der Waals surface area contributed by atoms with Gasteiger partial charge in [-0.05, 0) is 48.3 Å². The van der Waals surface area contributed by atoms with Gasteiger partial charge >= 0.3 is 0 Å². The van der Waals surface area contributed by atoms with Gasteiger partial charge in [-0.15, -0.1) is 12.4 Å². The van der Waals surface area contributed by atoms with Crippen LogP contribution in [0.25, 0.3) is 0 Å². The van der Waals surface area contributed by atoms with Crippen molar-refractivity contribution in [3.63, 3.8) is 0 Å². The summed E-state index contributed by atoms with van der Waals surface area (Å²) in [6.07, 6.45) is 1.47. The van der Waals surface area contributed by atoms with Crippen LogP contribution in [-0.2, 0) is 16.1 Å². The molecule has 0 unspecified atom stereocenters. The number of methoxy groups -OCH3 is 1. The summed E-state index contributed by atoms with van der Waals surface area (Å²) in [5.74, 6) is 0.00713. The predicted octanol–water partition coefficient (Wildman–Crippen LogP) is 1.55. The van der Waals surface area contributed by atoms with Gasteiger partial charge in [0.1, 0.15) is 5.60 Å². The summed E-state index contributed by atoms with van der Waals surface area (Å²) in [4.78, 5) is 12.2. The lowest BCUT2D eigenvalue weighted by atomic mass is 9.91. The number of amides is 1. The molecule has 2 rings (SSSR count). The van der Waals surface area contributed by atoms with Crippen molar-refractivity contribution in [2.45, 2.75) is 25.0 Å². The molecular formula is C12H19ClN2O2S. The summed E-state index contributed by atoms with van der Waals surface area (Å²) in [6.45, 7) is 2.25. The van der Waals surface area contributed by atoms with Crippen molar-refractivity contribution in [1.82, 2.24) is 10.6 Å². The number of halogens is 1. The highest BCUT2D eigenvalue weighted by Gasteiger charge is 2.39. The van der Waals surface area contributed by atoms with Gasteiger partial charge < -0.3 is 15.4 Å². The molecule has 1 aliphatic heterocycles. The van der Waals surface area contributed by atoms with E-state index in [0.717, 1.165) is 31.5 Å². The number of rotatable bonds is 4. The van der Waals surface area contributed by atoms with E-state index in [1.807, 2.05) is 16.8 Å². The molecule has 6 heteroatoms. The third-order valence-electron chi connectivity index (χ3n) is 3.25. The Morgan fingerprint density at radius 2 is 2.28 bits per heavy atom. The standard InChI is InChI=1S/C12H18N2O2S.ClH/c1-16-12(3-5-13-6-4-12)11(15)14-8-10-2-7-17-9-10;/h2,7,9,13H,3-6,8H2,1H3,(H,14,15);1H. The summed E-state index contributed by atoms with van der Waals surface area (Å²) < 4.78 is 5.46. The predicted molar refractivity (Wildman–Crippen MR) is 75.3 cm³/mol. The van der Waals surface area contributed by atoms with Crippen molar-refractivity contribution >= 4 is 29.7 Å². The average Bonchev–Trinajstić information content (AvgIpc) is 2.90. The normalized spacial score (nSPS) is 17.8. The maximum absolute atomic E-state index is 12.2. The van der Waals surface area contributed by atoms with Crippen LogP contribution >= 0.6 is 23.7 Å². The van der Waals surface area contributed by atoms with E-state index in [-0.39, 0.29) is 18.3 Å². The summed E-state index contributed by atoms with van der Waals surface area (Å²) >= 11 is 1.64. The van der Waals surface area contributed by atoms with E-state index in [4.69, 9.17) is 4.74 Å². The van der Waals surface area contributed by atoms with E-state index in [0.29, 0.717) is 6.54 Å². The van der Waals surface area contributed by atoms with E-state index in [1.165, 1.54) is 0 Å². The van der Waals surface area contributed by atoms with Crippen LogP contribution in [-0.4, -0.2) is 31.7 Å². The monoisotopic (exact) mass is 290 g/mol. The number of ether oxygens (including phenoxy) is 1. The number of hydrogen-bond acceptors (Lipinski definition) is 4. The lowest BCUT2D eigenvalue weighted by molar-refractivity contribution is -0.146. The summed E-state index contributed by atoms with van der Waals surface area (Å²) in [7, 11) is 1.62. The van der Waals surface area contributed by atoms with Crippen molar-refractivity contribution in [2.75, 3.05) is 20.2 Å². The molecule has 0 atom stereocenters. The van der Waals surface area contributed by atoms with Gasteiger partial charge in [-0.25, -0.2) is 0 Å². The van der Waals surface area contributed by atoms with Crippen LogP contribution in [0, 0.1) is 0 Å². The van der Waals surface area contributed by atoms with Gasteiger partial charge in [0, 0.05) is 13.7 Å². The van der Waals surface area contributed by atoms with Crippen molar-refractivity contribution in [2.24, 2.45) is 0 Å². The van der Waals surface area contributed by atoms with Crippen LogP contribution < -0.4 is 10.6 Å². The first-order valence-electron chi connectivity index (χ1n) is 5.82. The molecule has 0 radical (unpaired) electrons. The Morgan fingerprint density at radius 1 is 1.56 bits per heavy atom. The number of piperidine rings is 1. The van der Waals surface area contributed by atoms with E-state index < -0.39 is 5.60 Å². The number of nitrogens with one attached hydrogen (secondary N) is 2. The molecule has 0 aliphatic carbocycles. The summed E-state index contributed by atoms with van der Waals surface area (Å²) in [5, 5.41) is 10.3. The quantitative estimate of drug-likeness (QED) is 0.885. The molecular weight excluding hydrogens is 272 g/mol. The molecule has 0 bridgehead atoms. The zero-order chi connectivity index (χ0) is 12.1. The van der Waals surface area contributed by atoms with Crippen molar-refractivity contribution in [1.29, 1.82) is 0 Å². The fourth-order valence-corrected chi connectivity index (χ4v) is 2.76. The molecule has 1 fully saturated rings. The highest BCUT2D eigenvalue weighted by Crippen LogP contribution is 2.22. The second-order valence-corrected chi connectivity index (χ2v) is 5.04. The van der Waals surface area contributed by atoms with Crippen molar-refractivity contribution in [3.05, 3.63) is 22.4 Å². The first-order chi connectivity index (χ1) is 8.27. The highest BCUT2D eigenvalue weighted by molar-refractivity contribution is 7.07. The van der Waals surface area contributed by atoms with E-state index in [1.54, 1.807) is 18.4 Å². The molecule has 1 aliphatic rings. The van der Waals surface area contributed by atoms with Crippen LogP contribution in [0.5, 0.6) is 0 Å². The Kier molecular flexibility index (Phi) is 6.08. The Balaban J connectivity index is 0.00000162. The molecule has 0 saturated carbocycles. The smallest absolute Gasteiger partial charge is 0.252 e. The first-order valence-corrected chi connectivity index (χ1v) is 6.76. The zero-order valence-electron chi connectivity index (χ0n) is 10.4. The van der Waals surface area contributed by atoms with Crippen LogP contribution in [0.15, 0.2) is 16.8 Å². The molecule has 1 aromatic heterocycles. The number of carbonyl (C=O) groups excluding carboxylic acids is 1. The molecule has 1 aromatic rings. The lowest BCUT2D eigenvalue weighted by Gasteiger charge is -2.34. The van der Waals surface area contributed by atoms with Crippen LogP contribution in [0.3, 0.4) is 0 Å². The van der Waals surface area contributed by atoms with Crippen molar-refractivity contribution in [3.8, 4) is 0 Å². The molecule has 18 heavy (non-hydrogen) atoms. The molecule has 0 aromatic carbocycles. The van der Waals surface area contributed by atoms with Gasteiger partial charge in [-0.2, -0.15) is 11.3 Å². The molecule has 1 amide bonds. The zero-order valence-corrected chi connectivity index (χ0v) is 12.0. The third-order valence-corrected chi connectivity index (χ3v) is 3.98. The molecule has 2 heterocycles. The van der Waals surface area contributed by atoms with Crippen molar-refractivity contribution < 1.29 is 9.53 Å². The average molecular weight is 291 g/mol. The van der Waals surface area contributed by atoms with Gasteiger partial charge in [0.15, 0.2) is 0 Å². The maximum Gasteiger partial charge on any atom is 0.252 e. The lowest BCUT2D eigenvalue weighted by Crippen LogP contribution is -2.53. The van der Waals surface area contributed by atoms with E-state index in [2.05, 4.69) is 10.6 Å². The second-order valence-electron chi connectivity index (χ2n) is 4.26. The van der Waals surface area contributed by atoms with Crippen LogP contribution in [0.1, 0.15) is 18.4 Å². The Hall–Kier alpha value is -0.620. The van der Waals surface area contributed by atoms with Gasteiger partial charge in [-0.1, -0.05) is 0 Å². The largest absolute Gasteiger partial charge is 0.368 e. The molecule has 4 nitrogen and oxygen atoms in total. The van der Waals surface area contributed by atoms with Gasteiger partial charge in [-0.3, -0.25) is 4.79 Å². The third kappa shape index (κ3) is 3.45. The fourth-order valence-electron chi connectivity index (χ4n) is 2.09. The minimum atomic E-state index is -0.638. The number of carbonyl (C=O) groups is 1. The molecule has 0 spiro atoms. The fraction of sp³-hybridized carbons (Fsp3) is 0.583. The molecule has 1 saturated heterocycles. The number of hydrogen-bond donors (Lipinski definition) is 2. The highest BCUT2D eigenvalue weighted by atomic mass is 35.5. The Bertz CT molecular complexity index is 364. The minimum Gasteiger partial charge on any atom is -0.368 e. The Labute approximate surface area is 118 Å². The van der Waals surface area contributed by atoms with Crippen LogP contribution in [0.2, 0.25) is 0 Å². The summed E-state index contributed by atoms with van der Waals surface area (Å²) in [5.41, 5.74) is 0.505. The molecule has 2 N–H and O–H groups in total. The SMILES string of the molecule is COC1(C(=O)NCc2ccsc2)CCNCC1.Cl. The van der Waals surface area contributed by atoms with Crippen LogP contribution in [0.4, 0.5) is 0 Å². The van der Waals surface area contributed by atoms with Gasteiger partial charge in [0.25, 0.3) is 5.91 Å².